The summed E-state index contributed by atoms with van der Waals surface area (Å²) in [5, 5.41) is 91.2. The van der Waals surface area contributed by atoms with Gasteiger partial charge in [0.25, 0.3) is 0 Å². The minimum Gasteiger partial charge on any atom is -0.504 e. The third-order valence-electron chi connectivity index (χ3n) is 6.80. The van der Waals surface area contributed by atoms with E-state index in [9.17, 15) is 50.8 Å². The first-order valence-electron chi connectivity index (χ1n) is 12.7. The van der Waals surface area contributed by atoms with E-state index in [0.717, 1.165) is 18.2 Å². The predicted molar refractivity (Wildman–Crippen MR) is 139 cm³/mol. The number of ether oxygens (including phenoxy) is 5. The van der Waals surface area contributed by atoms with Crippen LogP contribution in [0, 0.1) is 0 Å². The van der Waals surface area contributed by atoms with Crippen molar-refractivity contribution in [2.75, 3.05) is 20.3 Å². The fourth-order valence-corrected chi connectivity index (χ4v) is 4.32. The van der Waals surface area contributed by atoms with Crippen molar-refractivity contribution in [3.63, 3.8) is 0 Å². The Labute approximate surface area is 238 Å². The molecule has 0 amide bonds. The molecule has 42 heavy (non-hydrogen) atoms. The Balaban J connectivity index is 1.43. The Morgan fingerprint density at radius 3 is 2.26 bits per heavy atom. The number of hydrogen-bond donors (Lipinski definition) is 9. The number of methoxy groups -OCH3 is 1. The molecule has 230 valence electrons. The van der Waals surface area contributed by atoms with Crippen molar-refractivity contribution in [1.29, 1.82) is 0 Å². The molecule has 2 heterocycles. The van der Waals surface area contributed by atoms with Crippen LogP contribution in [0.25, 0.3) is 6.08 Å². The summed E-state index contributed by atoms with van der Waals surface area (Å²) in [6.45, 7) is -0.871. The lowest BCUT2D eigenvalue weighted by molar-refractivity contribution is -0.307. The zero-order valence-electron chi connectivity index (χ0n) is 22.1. The van der Waals surface area contributed by atoms with E-state index in [2.05, 4.69) is 0 Å². The highest BCUT2D eigenvalue weighted by atomic mass is 16.7. The summed E-state index contributed by atoms with van der Waals surface area (Å²) >= 11 is 0. The van der Waals surface area contributed by atoms with Crippen LogP contribution in [0.4, 0.5) is 0 Å². The van der Waals surface area contributed by atoms with Gasteiger partial charge in [-0.2, -0.15) is 0 Å². The molecule has 2 aliphatic rings. The summed E-state index contributed by atoms with van der Waals surface area (Å²) in [6, 6.07) is 6.66. The monoisotopic (exact) mass is 596 g/mol. The highest BCUT2D eigenvalue weighted by Crippen LogP contribution is 2.40. The van der Waals surface area contributed by atoms with Gasteiger partial charge in [0.1, 0.15) is 42.7 Å². The maximum Gasteiger partial charge on any atom is 0.229 e. The van der Waals surface area contributed by atoms with E-state index in [1.807, 2.05) is 0 Å². The van der Waals surface area contributed by atoms with Crippen molar-refractivity contribution in [1.82, 2.24) is 0 Å². The molecule has 2 aromatic carbocycles. The molecule has 0 aliphatic carbocycles. The van der Waals surface area contributed by atoms with Crippen molar-refractivity contribution in [2.24, 2.45) is 0 Å². The minimum absolute atomic E-state index is 0.147. The van der Waals surface area contributed by atoms with Gasteiger partial charge in [-0.25, -0.2) is 0 Å². The zero-order chi connectivity index (χ0) is 30.7. The van der Waals surface area contributed by atoms with E-state index in [4.69, 9.17) is 23.7 Å². The molecule has 0 bridgehead atoms. The van der Waals surface area contributed by atoms with Crippen LogP contribution in [0.2, 0.25) is 0 Å². The van der Waals surface area contributed by atoms with Crippen LogP contribution in [0.3, 0.4) is 0 Å². The highest BCUT2D eigenvalue weighted by molar-refractivity contribution is 6.09. The van der Waals surface area contributed by atoms with Gasteiger partial charge >= 0.3 is 0 Å². The number of hydrogen-bond acceptors (Lipinski definition) is 15. The molecule has 9 atom stereocenters. The van der Waals surface area contributed by atoms with Gasteiger partial charge in [0, 0.05) is 0 Å². The first-order valence-corrected chi connectivity index (χ1v) is 12.7. The molecule has 0 radical (unpaired) electrons. The lowest BCUT2D eigenvalue weighted by Crippen LogP contribution is -2.61. The average molecular weight is 597 g/mol. The smallest absolute Gasteiger partial charge is 0.229 e. The lowest BCUT2D eigenvalue weighted by Gasteiger charge is -2.41. The number of aliphatic hydroxyl groups is 6. The second kappa shape index (κ2) is 13.2. The third-order valence-corrected chi connectivity index (χ3v) is 6.80. The molecule has 9 N–H and O–H groups in total. The van der Waals surface area contributed by atoms with Crippen LogP contribution in [0.5, 0.6) is 28.7 Å². The quantitative estimate of drug-likeness (QED) is 0.0894. The molecule has 4 rings (SSSR count). The molecule has 0 unspecified atom stereocenters. The number of aromatic hydroxyl groups is 3. The van der Waals surface area contributed by atoms with Crippen molar-refractivity contribution in [3.05, 3.63) is 47.5 Å². The molecule has 2 saturated heterocycles. The van der Waals surface area contributed by atoms with Gasteiger partial charge in [0.2, 0.25) is 12.0 Å². The fraction of sp³-hybridized carbons (Fsp3) is 0.444. The van der Waals surface area contributed by atoms with Crippen molar-refractivity contribution in [2.45, 2.75) is 55.3 Å². The van der Waals surface area contributed by atoms with E-state index in [0.29, 0.717) is 5.56 Å². The first kappa shape index (κ1) is 31.4. The van der Waals surface area contributed by atoms with Crippen molar-refractivity contribution >= 4 is 11.9 Å². The highest BCUT2D eigenvalue weighted by Gasteiger charge is 2.46. The Morgan fingerprint density at radius 1 is 0.881 bits per heavy atom. The number of rotatable bonds is 9. The maximum absolute atomic E-state index is 12.7. The van der Waals surface area contributed by atoms with Crippen molar-refractivity contribution in [3.8, 4) is 28.7 Å². The van der Waals surface area contributed by atoms with Gasteiger partial charge in [-0.15, -0.1) is 0 Å². The molecule has 15 heteroatoms. The fourth-order valence-electron chi connectivity index (χ4n) is 4.32. The van der Waals surface area contributed by atoms with Gasteiger partial charge in [-0.3, -0.25) is 4.79 Å². The molecule has 0 spiro atoms. The van der Waals surface area contributed by atoms with Gasteiger partial charge < -0.3 is 69.6 Å². The van der Waals surface area contributed by atoms with Crippen LogP contribution in [0.15, 0.2) is 36.4 Å². The van der Waals surface area contributed by atoms with Crippen LogP contribution in [0.1, 0.15) is 15.9 Å². The topological polar surface area (TPSA) is 245 Å². The molecular formula is C27H32O15. The van der Waals surface area contributed by atoms with Gasteiger partial charge in [-0.1, -0.05) is 12.1 Å². The Hall–Kier alpha value is -3.51. The Bertz CT molecular complexity index is 1280. The van der Waals surface area contributed by atoms with E-state index >= 15 is 0 Å². The summed E-state index contributed by atoms with van der Waals surface area (Å²) in [5.41, 5.74) is 0.144. The normalized spacial score (nSPS) is 31.6. The number of ketones is 1. The van der Waals surface area contributed by atoms with Gasteiger partial charge in [0.15, 0.2) is 35.1 Å². The molecule has 2 aliphatic heterocycles. The van der Waals surface area contributed by atoms with Crippen LogP contribution in [-0.2, 0) is 14.2 Å². The Kier molecular flexibility index (Phi) is 9.88. The molecule has 2 aromatic rings. The summed E-state index contributed by atoms with van der Waals surface area (Å²) in [7, 11) is 1.38. The second-order valence-electron chi connectivity index (χ2n) is 9.65. The maximum atomic E-state index is 12.7. The number of allylic oxidation sites excluding steroid dienone is 1. The van der Waals surface area contributed by atoms with E-state index in [1.165, 1.54) is 25.3 Å². The summed E-state index contributed by atoms with van der Waals surface area (Å²) in [4.78, 5) is 12.7. The van der Waals surface area contributed by atoms with E-state index in [1.54, 1.807) is 6.07 Å². The number of phenolic OH excluding ortho intramolecular Hbond substituents is 3. The predicted octanol–water partition coefficient (Wildman–Crippen LogP) is -1.65. The van der Waals surface area contributed by atoms with Crippen LogP contribution >= 0.6 is 0 Å². The summed E-state index contributed by atoms with van der Waals surface area (Å²) in [5.74, 6) is -2.79. The second-order valence-corrected chi connectivity index (χ2v) is 9.65. The number of carbonyl (C=O) groups excluding carboxylic acids is 1. The number of phenols is 3. The molecule has 0 aromatic heterocycles. The van der Waals surface area contributed by atoms with Gasteiger partial charge in [-0.05, 0) is 35.9 Å². The van der Waals surface area contributed by atoms with E-state index in [-0.39, 0.29) is 23.7 Å². The van der Waals surface area contributed by atoms with Crippen LogP contribution < -0.4 is 9.47 Å². The number of benzene rings is 2. The average Bonchev–Trinajstić information content (AvgIpc) is 2.97. The molecule has 0 saturated carbocycles. The van der Waals surface area contributed by atoms with Crippen LogP contribution in [-0.4, -0.2) is 127 Å². The molecule has 15 nitrogen and oxygen atoms in total. The standard InChI is InChI=1S/C27H32O15/c1-38-16-6-3-11(8-14(16)29)2-5-13(28)12-4-7-17(21(33)19(12)31)41-27-25(37)23(35)22(34)18(42-27)10-40-26-24(36)20(32)15(30)9-39-26/h2-8,15,18,20,22-27,29-37H,9-10H2,1H3/b5-2+/t15-,18-,20+,22+,23-,24-,25+,26+,27+/m0/s1. The van der Waals surface area contributed by atoms with E-state index < -0.39 is 84.9 Å². The SMILES string of the molecule is COc1ccc(/C=C/C(=O)c2ccc(O[C@@H]3O[C@@H](CO[C@H]4OC[C@H](O)[C@@H](O)[C@@H]4O)[C@@H](O)[C@H](O)[C@H]3O)c(O)c2O)cc1O. The van der Waals surface area contributed by atoms with Crippen molar-refractivity contribution < 1.29 is 74.4 Å². The minimum atomic E-state index is -1.84. The molecule has 2 fully saturated rings. The Morgan fingerprint density at radius 2 is 1.57 bits per heavy atom. The lowest BCUT2D eigenvalue weighted by atomic mass is 9.99. The largest absolute Gasteiger partial charge is 0.504 e. The number of aliphatic hydroxyl groups excluding tert-OH is 6. The van der Waals surface area contributed by atoms with Gasteiger partial charge in [0.05, 0.1) is 25.9 Å². The zero-order valence-corrected chi connectivity index (χ0v) is 22.1. The first-order chi connectivity index (χ1) is 19.9. The molecular weight excluding hydrogens is 564 g/mol. The summed E-state index contributed by atoms with van der Waals surface area (Å²) in [6.07, 6.45) is -11.9. The summed E-state index contributed by atoms with van der Waals surface area (Å²) < 4.78 is 26.3. The third kappa shape index (κ3) is 6.59. The number of carbonyl (C=O) groups is 1.